The predicted molar refractivity (Wildman–Crippen MR) is 131 cm³/mol. The molecular formula is C24H28N2O6S2. The first kappa shape index (κ1) is 24.6. The molecule has 8 nitrogen and oxygen atoms in total. The van der Waals surface area contributed by atoms with Gasteiger partial charge in [-0.25, -0.2) is 13.2 Å². The Morgan fingerprint density at radius 2 is 1.85 bits per heavy atom. The van der Waals surface area contributed by atoms with Crippen molar-refractivity contribution in [3.63, 3.8) is 0 Å². The maximum absolute atomic E-state index is 12.7. The molecule has 0 atom stereocenters. The van der Waals surface area contributed by atoms with Gasteiger partial charge in [0, 0.05) is 24.0 Å². The minimum atomic E-state index is -3.56. The molecular weight excluding hydrogens is 476 g/mol. The third-order valence-electron chi connectivity index (χ3n) is 5.80. The number of hydrogen-bond donors (Lipinski definition) is 1. The van der Waals surface area contributed by atoms with Gasteiger partial charge in [0.15, 0.2) is 0 Å². The zero-order chi connectivity index (χ0) is 24.1. The highest BCUT2D eigenvalue weighted by Gasteiger charge is 2.27. The monoisotopic (exact) mass is 504 g/mol. The minimum Gasteiger partial charge on any atom is -0.462 e. The number of sulfonamides is 1. The van der Waals surface area contributed by atoms with Gasteiger partial charge in [-0.3, -0.25) is 4.79 Å². The van der Waals surface area contributed by atoms with Gasteiger partial charge in [0.2, 0.25) is 15.9 Å². The van der Waals surface area contributed by atoms with E-state index in [1.807, 2.05) is 0 Å². The standard InChI is InChI=1S/C24H28N2O6S2/c1-2-32-24(28)22-19-5-3-4-6-20(19)33-23(22)25-21(27)12-9-17-7-10-18(11-8-17)34(29,30)26-13-15-31-16-14-26/h7-12H,2-6,13-16H2,1H3,(H,25,27). The molecule has 1 saturated heterocycles. The van der Waals surface area contributed by atoms with E-state index < -0.39 is 16.0 Å². The number of thiophene rings is 1. The van der Waals surface area contributed by atoms with Gasteiger partial charge >= 0.3 is 5.97 Å². The summed E-state index contributed by atoms with van der Waals surface area (Å²) in [6.07, 6.45) is 6.78. The van der Waals surface area contributed by atoms with Gasteiger partial charge in [0.25, 0.3) is 0 Å². The second-order valence-corrected chi connectivity index (χ2v) is 11.1. The number of nitrogens with zero attached hydrogens (tertiary/aromatic N) is 1. The number of rotatable bonds is 7. The molecule has 1 aromatic carbocycles. The van der Waals surface area contributed by atoms with Crippen molar-refractivity contribution in [1.82, 2.24) is 4.31 Å². The summed E-state index contributed by atoms with van der Waals surface area (Å²) in [5.41, 5.74) is 2.15. The van der Waals surface area contributed by atoms with E-state index in [2.05, 4.69) is 5.32 Å². The Labute approximate surface area is 203 Å². The van der Waals surface area contributed by atoms with Gasteiger partial charge in [0.1, 0.15) is 5.00 Å². The normalized spacial score (nSPS) is 16.9. The Hall–Kier alpha value is -2.53. The average Bonchev–Trinajstić information content (AvgIpc) is 3.21. The Morgan fingerprint density at radius 1 is 1.15 bits per heavy atom. The predicted octanol–water partition coefficient (Wildman–Crippen LogP) is 3.48. The van der Waals surface area contributed by atoms with Crippen molar-refractivity contribution in [3.05, 3.63) is 51.9 Å². The molecule has 2 aliphatic rings. The number of aryl methyl sites for hydroxylation is 1. The van der Waals surface area contributed by atoms with E-state index in [1.54, 1.807) is 25.1 Å². The zero-order valence-corrected chi connectivity index (χ0v) is 20.7. The van der Waals surface area contributed by atoms with E-state index in [-0.39, 0.29) is 17.4 Å². The molecule has 2 heterocycles. The molecule has 1 amide bonds. The SMILES string of the molecule is CCOC(=O)c1c(NC(=O)C=Cc2ccc(S(=O)(=O)N3CCOCC3)cc2)sc2c1CCCC2. The number of nitrogens with one attached hydrogen (secondary N) is 1. The van der Waals surface area contributed by atoms with E-state index in [1.165, 1.54) is 33.9 Å². The molecule has 0 bridgehead atoms. The van der Waals surface area contributed by atoms with Crippen molar-refractivity contribution in [2.45, 2.75) is 37.5 Å². The third kappa shape index (κ3) is 5.41. The van der Waals surface area contributed by atoms with Crippen LogP contribution in [0.4, 0.5) is 5.00 Å². The van der Waals surface area contributed by atoms with Crippen molar-refractivity contribution >= 4 is 44.3 Å². The highest BCUT2D eigenvalue weighted by molar-refractivity contribution is 7.89. The molecule has 0 saturated carbocycles. The minimum absolute atomic E-state index is 0.208. The second-order valence-electron chi connectivity index (χ2n) is 8.04. The molecule has 0 radical (unpaired) electrons. The fourth-order valence-corrected chi connectivity index (χ4v) is 6.77. The molecule has 1 N–H and O–H groups in total. The molecule has 1 aromatic heterocycles. The van der Waals surface area contributed by atoms with Crippen LogP contribution >= 0.6 is 11.3 Å². The number of benzene rings is 1. The van der Waals surface area contributed by atoms with E-state index in [0.717, 1.165) is 36.1 Å². The van der Waals surface area contributed by atoms with E-state index >= 15 is 0 Å². The van der Waals surface area contributed by atoms with E-state index in [0.29, 0.717) is 42.4 Å². The fraction of sp³-hybridized carbons (Fsp3) is 0.417. The molecule has 1 aliphatic heterocycles. The number of esters is 1. The van der Waals surface area contributed by atoms with Crippen molar-refractivity contribution in [3.8, 4) is 0 Å². The molecule has 34 heavy (non-hydrogen) atoms. The number of amides is 1. The topological polar surface area (TPSA) is 102 Å². The van der Waals surface area contributed by atoms with Crippen LogP contribution in [0.2, 0.25) is 0 Å². The highest BCUT2D eigenvalue weighted by atomic mass is 32.2. The van der Waals surface area contributed by atoms with Gasteiger partial charge in [-0.2, -0.15) is 4.31 Å². The highest BCUT2D eigenvalue weighted by Crippen LogP contribution is 2.38. The van der Waals surface area contributed by atoms with Crippen molar-refractivity contribution in [2.24, 2.45) is 0 Å². The quantitative estimate of drug-likeness (QED) is 0.458. The summed E-state index contributed by atoms with van der Waals surface area (Å²) in [6, 6.07) is 6.39. The third-order valence-corrected chi connectivity index (χ3v) is 8.92. The molecule has 182 valence electrons. The van der Waals surface area contributed by atoms with Crippen LogP contribution < -0.4 is 5.32 Å². The molecule has 1 fully saturated rings. The van der Waals surface area contributed by atoms with Crippen LogP contribution in [0.3, 0.4) is 0 Å². The largest absolute Gasteiger partial charge is 0.462 e. The average molecular weight is 505 g/mol. The lowest BCUT2D eigenvalue weighted by molar-refractivity contribution is -0.111. The summed E-state index contributed by atoms with van der Waals surface area (Å²) < 4.78 is 37.3. The maximum atomic E-state index is 12.7. The lowest BCUT2D eigenvalue weighted by atomic mass is 9.95. The van der Waals surface area contributed by atoms with E-state index in [4.69, 9.17) is 9.47 Å². The Morgan fingerprint density at radius 3 is 2.56 bits per heavy atom. The number of hydrogen-bond acceptors (Lipinski definition) is 7. The van der Waals surface area contributed by atoms with Gasteiger partial charge in [-0.1, -0.05) is 12.1 Å². The summed E-state index contributed by atoms with van der Waals surface area (Å²) in [6.45, 7) is 3.48. The summed E-state index contributed by atoms with van der Waals surface area (Å²) in [7, 11) is -3.56. The second kappa shape index (κ2) is 10.8. The van der Waals surface area contributed by atoms with Crippen LogP contribution in [-0.2, 0) is 37.1 Å². The van der Waals surface area contributed by atoms with Crippen LogP contribution in [0.1, 0.15) is 46.1 Å². The van der Waals surface area contributed by atoms with Crippen molar-refractivity contribution in [2.75, 3.05) is 38.2 Å². The Kier molecular flexibility index (Phi) is 7.82. The summed E-state index contributed by atoms with van der Waals surface area (Å²) >= 11 is 1.44. The summed E-state index contributed by atoms with van der Waals surface area (Å²) in [4.78, 5) is 26.5. The summed E-state index contributed by atoms with van der Waals surface area (Å²) in [5, 5.41) is 3.35. The van der Waals surface area contributed by atoms with Gasteiger partial charge < -0.3 is 14.8 Å². The van der Waals surface area contributed by atoms with Crippen molar-refractivity contribution in [1.29, 1.82) is 0 Å². The van der Waals surface area contributed by atoms with Crippen LogP contribution in [0, 0.1) is 0 Å². The van der Waals surface area contributed by atoms with Gasteiger partial charge in [-0.15, -0.1) is 11.3 Å². The lowest BCUT2D eigenvalue weighted by Gasteiger charge is -2.26. The van der Waals surface area contributed by atoms with Gasteiger partial charge in [0.05, 0.1) is 30.3 Å². The number of anilines is 1. The van der Waals surface area contributed by atoms with E-state index in [9.17, 15) is 18.0 Å². The first-order valence-electron chi connectivity index (χ1n) is 11.4. The number of fused-ring (bicyclic) bond motifs is 1. The number of ether oxygens (including phenoxy) is 2. The molecule has 2 aromatic rings. The smallest absolute Gasteiger partial charge is 0.341 e. The first-order chi connectivity index (χ1) is 16.4. The number of carbonyl (C=O) groups excluding carboxylic acids is 2. The molecule has 10 heteroatoms. The number of morpholine rings is 1. The fourth-order valence-electron chi connectivity index (χ4n) is 4.09. The van der Waals surface area contributed by atoms with Crippen LogP contribution in [0.5, 0.6) is 0 Å². The Balaban J connectivity index is 1.45. The Bertz CT molecular complexity index is 1180. The molecule has 0 unspecified atom stereocenters. The molecule has 1 aliphatic carbocycles. The first-order valence-corrected chi connectivity index (χ1v) is 13.6. The van der Waals surface area contributed by atoms with Gasteiger partial charge in [-0.05, 0) is 61.9 Å². The van der Waals surface area contributed by atoms with Crippen LogP contribution in [0.25, 0.3) is 6.08 Å². The zero-order valence-electron chi connectivity index (χ0n) is 19.0. The summed E-state index contributed by atoms with van der Waals surface area (Å²) in [5.74, 6) is -0.771. The van der Waals surface area contributed by atoms with Crippen LogP contribution in [0.15, 0.2) is 35.2 Å². The number of carbonyl (C=O) groups is 2. The van der Waals surface area contributed by atoms with Crippen molar-refractivity contribution < 1.29 is 27.5 Å². The maximum Gasteiger partial charge on any atom is 0.341 e. The molecule has 0 spiro atoms. The van der Waals surface area contributed by atoms with Crippen LogP contribution in [-0.4, -0.2) is 57.5 Å². The lowest BCUT2D eigenvalue weighted by Crippen LogP contribution is -2.40. The molecule has 4 rings (SSSR count).